The molecule has 6 nitrogen and oxygen atoms in total. The Bertz CT molecular complexity index is 881. The molecule has 2 aromatic rings. The van der Waals surface area contributed by atoms with E-state index in [9.17, 15) is 14.7 Å². The first-order valence-electron chi connectivity index (χ1n) is 9.99. The second-order valence-corrected chi connectivity index (χ2v) is 7.59. The predicted octanol–water partition coefficient (Wildman–Crippen LogP) is 4.54. The quantitative estimate of drug-likeness (QED) is 0.402. The summed E-state index contributed by atoms with van der Waals surface area (Å²) in [6, 6.07) is 9.54. The second-order valence-electron chi connectivity index (χ2n) is 7.59. The lowest BCUT2D eigenvalue weighted by Crippen LogP contribution is -2.30. The summed E-state index contributed by atoms with van der Waals surface area (Å²) in [6.07, 6.45) is 3.13. The van der Waals surface area contributed by atoms with Gasteiger partial charge in [-0.1, -0.05) is 27.2 Å². The van der Waals surface area contributed by atoms with Crippen molar-refractivity contribution in [3.63, 3.8) is 0 Å². The first kappa shape index (κ1) is 20.7. The normalized spacial score (nSPS) is 18.6. The van der Waals surface area contributed by atoms with Crippen LogP contribution in [0.4, 0.5) is 0 Å². The van der Waals surface area contributed by atoms with E-state index >= 15 is 0 Å². The second kappa shape index (κ2) is 8.99. The monoisotopic (exact) mass is 397 g/mol. The Balaban J connectivity index is 1.97. The molecule has 1 atom stereocenters. The lowest BCUT2D eigenvalue weighted by Gasteiger charge is -2.23. The van der Waals surface area contributed by atoms with E-state index in [4.69, 9.17) is 9.15 Å². The van der Waals surface area contributed by atoms with Crippen molar-refractivity contribution in [3.05, 3.63) is 59.6 Å². The highest BCUT2D eigenvalue weighted by molar-refractivity contribution is 6.46. The first-order chi connectivity index (χ1) is 13.9. The van der Waals surface area contributed by atoms with Gasteiger partial charge in [0, 0.05) is 12.1 Å². The average molecular weight is 397 g/mol. The van der Waals surface area contributed by atoms with Gasteiger partial charge in [-0.25, -0.2) is 0 Å². The minimum atomic E-state index is -0.728. The topological polar surface area (TPSA) is 80.0 Å². The standard InChI is InChI=1S/C23H27NO5/c1-4-5-12-24-20(18-7-6-13-28-18)19(22(26)23(24)27)21(25)16-8-10-17(11-9-16)29-14-15(2)3/h6-11,13,15,20,25H,4-5,12,14H2,1-3H3/b21-19-. The molecule has 1 amide bonds. The van der Waals surface area contributed by atoms with Crippen molar-refractivity contribution in [1.82, 2.24) is 4.90 Å². The van der Waals surface area contributed by atoms with Crippen LogP contribution >= 0.6 is 0 Å². The van der Waals surface area contributed by atoms with Gasteiger partial charge in [0.1, 0.15) is 23.3 Å². The van der Waals surface area contributed by atoms with E-state index in [1.54, 1.807) is 36.4 Å². The first-order valence-corrected chi connectivity index (χ1v) is 9.99. The third kappa shape index (κ3) is 4.36. The summed E-state index contributed by atoms with van der Waals surface area (Å²) in [6.45, 7) is 7.15. The van der Waals surface area contributed by atoms with Gasteiger partial charge in [-0.2, -0.15) is 0 Å². The Morgan fingerprint density at radius 2 is 1.93 bits per heavy atom. The van der Waals surface area contributed by atoms with E-state index in [0.717, 1.165) is 12.8 Å². The van der Waals surface area contributed by atoms with Crippen molar-refractivity contribution < 1.29 is 23.8 Å². The highest BCUT2D eigenvalue weighted by Crippen LogP contribution is 2.39. The molecule has 0 saturated carbocycles. The zero-order valence-electron chi connectivity index (χ0n) is 17.1. The number of ether oxygens (including phenoxy) is 1. The van der Waals surface area contributed by atoms with E-state index in [1.807, 2.05) is 6.92 Å². The van der Waals surface area contributed by atoms with Crippen LogP contribution in [0.3, 0.4) is 0 Å². The van der Waals surface area contributed by atoms with Crippen molar-refractivity contribution in [1.29, 1.82) is 0 Å². The summed E-state index contributed by atoms with van der Waals surface area (Å²) in [5.41, 5.74) is 0.504. The van der Waals surface area contributed by atoms with Crippen LogP contribution in [0.25, 0.3) is 5.76 Å². The minimum Gasteiger partial charge on any atom is -0.507 e. The third-order valence-electron chi connectivity index (χ3n) is 4.82. The van der Waals surface area contributed by atoms with E-state index in [2.05, 4.69) is 13.8 Å². The average Bonchev–Trinajstić information content (AvgIpc) is 3.32. The lowest BCUT2D eigenvalue weighted by molar-refractivity contribution is -0.140. The molecule has 1 aliphatic rings. The van der Waals surface area contributed by atoms with Crippen molar-refractivity contribution in [3.8, 4) is 5.75 Å². The predicted molar refractivity (Wildman–Crippen MR) is 109 cm³/mol. The molecule has 29 heavy (non-hydrogen) atoms. The van der Waals surface area contributed by atoms with Gasteiger partial charge < -0.3 is 19.2 Å². The van der Waals surface area contributed by atoms with Gasteiger partial charge in [-0.05, 0) is 48.7 Å². The molecule has 0 aliphatic carbocycles. The van der Waals surface area contributed by atoms with Crippen LogP contribution in [-0.4, -0.2) is 34.8 Å². The molecule has 1 aliphatic heterocycles. The number of Topliss-reactive ketones (excluding diaryl/α,β-unsaturated/α-hetero) is 1. The van der Waals surface area contributed by atoms with Crippen molar-refractivity contribution in [2.45, 2.75) is 39.7 Å². The highest BCUT2D eigenvalue weighted by atomic mass is 16.5. The van der Waals surface area contributed by atoms with Gasteiger partial charge in [-0.3, -0.25) is 9.59 Å². The van der Waals surface area contributed by atoms with Gasteiger partial charge in [0.05, 0.1) is 18.4 Å². The Morgan fingerprint density at radius 3 is 2.52 bits per heavy atom. The minimum absolute atomic E-state index is 0.0527. The van der Waals surface area contributed by atoms with Crippen LogP contribution in [0.2, 0.25) is 0 Å². The zero-order chi connectivity index (χ0) is 21.0. The lowest BCUT2D eigenvalue weighted by atomic mass is 9.99. The molecular weight excluding hydrogens is 370 g/mol. The van der Waals surface area contributed by atoms with Crippen molar-refractivity contribution >= 4 is 17.4 Å². The molecule has 154 valence electrons. The van der Waals surface area contributed by atoms with Crippen molar-refractivity contribution in [2.24, 2.45) is 5.92 Å². The van der Waals surface area contributed by atoms with Crippen LogP contribution in [0.5, 0.6) is 5.75 Å². The van der Waals surface area contributed by atoms with Crippen molar-refractivity contribution in [2.75, 3.05) is 13.2 Å². The molecule has 3 rings (SSSR count). The SMILES string of the molecule is CCCCN1C(=O)C(=O)/C(=C(\O)c2ccc(OCC(C)C)cc2)C1c1ccco1. The number of aliphatic hydroxyl groups is 1. The number of ketones is 1. The van der Waals surface area contributed by atoms with Crippen LogP contribution in [0.15, 0.2) is 52.7 Å². The summed E-state index contributed by atoms with van der Waals surface area (Å²) in [4.78, 5) is 26.9. The molecule has 1 saturated heterocycles. The molecule has 1 fully saturated rings. The maximum atomic E-state index is 12.8. The fourth-order valence-corrected chi connectivity index (χ4v) is 3.31. The smallest absolute Gasteiger partial charge is 0.295 e. The van der Waals surface area contributed by atoms with Crippen LogP contribution < -0.4 is 4.74 Å². The zero-order valence-corrected chi connectivity index (χ0v) is 17.1. The molecule has 1 aromatic carbocycles. The number of amides is 1. The fourth-order valence-electron chi connectivity index (χ4n) is 3.31. The molecule has 1 N–H and O–H groups in total. The van der Waals surface area contributed by atoms with Gasteiger partial charge in [0.25, 0.3) is 11.7 Å². The van der Waals surface area contributed by atoms with Gasteiger partial charge in [0.2, 0.25) is 0 Å². The van der Waals surface area contributed by atoms with E-state index in [0.29, 0.717) is 36.1 Å². The molecule has 0 spiro atoms. The number of nitrogens with zero attached hydrogens (tertiary/aromatic N) is 1. The molecule has 0 radical (unpaired) electrons. The number of hydrogen-bond donors (Lipinski definition) is 1. The Labute approximate surface area is 170 Å². The molecule has 1 unspecified atom stereocenters. The maximum Gasteiger partial charge on any atom is 0.295 e. The Morgan fingerprint density at radius 1 is 1.21 bits per heavy atom. The van der Waals surface area contributed by atoms with E-state index in [1.165, 1.54) is 11.2 Å². The van der Waals surface area contributed by atoms with Crippen LogP contribution in [0, 0.1) is 5.92 Å². The molecule has 1 aromatic heterocycles. The Kier molecular flexibility index (Phi) is 6.42. The number of carbonyl (C=O) groups is 2. The number of furan rings is 1. The van der Waals surface area contributed by atoms with E-state index in [-0.39, 0.29) is 11.3 Å². The summed E-state index contributed by atoms with van der Waals surface area (Å²) in [7, 11) is 0. The Hall–Kier alpha value is -3.02. The van der Waals surface area contributed by atoms with Crippen LogP contribution in [0.1, 0.15) is 51.0 Å². The molecule has 2 heterocycles. The number of rotatable bonds is 8. The number of benzene rings is 1. The van der Waals surface area contributed by atoms with E-state index < -0.39 is 17.7 Å². The molecule has 0 bridgehead atoms. The molecule has 6 heteroatoms. The third-order valence-corrected chi connectivity index (χ3v) is 4.82. The fraction of sp³-hybridized carbons (Fsp3) is 0.391. The summed E-state index contributed by atoms with van der Waals surface area (Å²) in [5, 5.41) is 10.9. The van der Waals surface area contributed by atoms with Gasteiger partial charge in [-0.15, -0.1) is 0 Å². The molecular formula is C23H27NO5. The number of likely N-dealkylation sites (tertiary alicyclic amines) is 1. The van der Waals surface area contributed by atoms with Gasteiger partial charge >= 0.3 is 0 Å². The number of carbonyl (C=O) groups excluding carboxylic acids is 2. The summed E-state index contributed by atoms with van der Waals surface area (Å²) in [5.74, 6) is 0.0213. The highest BCUT2D eigenvalue weighted by Gasteiger charge is 2.47. The van der Waals surface area contributed by atoms with Gasteiger partial charge in [0.15, 0.2) is 0 Å². The maximum absolute atomic E-state index is 12.8. The summed E-state index contributed by atoms with van der Waals surface area (Å²) < 4.78 is 11.2. The van der Waals surface area contributed by atoms with Crippen LogP contribution in [-0.2, 0) is 9.59 Å². The summed E-state index contributed by atoms with van der Waals surface area (Å²) >= 11 is 0. The number of aliphatic hydroxyl groups excluding tert-OH is 1. The largest absolute Gasteiger partial charge is 0.507 e. The number of unbranched alkanes of at least 4 members (excludes halogenated alkanes) is 1. The number of hydrogen-bond acceptors (Lipinski definition) is 5.